The van der Waals surface area contributed by atoms with Crippen molar-refractivity contribution in [3.63, 3.8) is 0 Å². The second-order valence-electron chi connectivity index (χ2n) is 5.47. The zero-order valence-corrected chi connectivity index (χ0v) is 16.4. The van der Waals surface area contributed by atoms with E-state index in [0.717, 1.165) is 18.6 Å². The van der Waals surface area contributed by atoms with Crippen molar-refractivity contribution >= 4 is 29.9 Å². The molecule has 0 aliphatic rings. The number of furan rings is 1. The Balaban J connectivity index is 0.00000288. The minimum Gasteiger partial charge on any atom is -0.469 e. The maximum Gasteiger partial charge on any atom is 0.191 e. The average molecular weight is 445 g/mol. The molecule has 4 nitrogen and oxygen atoms in total. The number of hydrogen-bond donors (Lipinski definition) is 2. The highest BCUT2D eigenvalue weighted by Crippen LogP contribution is 2.07. The zero-order chi connectivity index (χ0) is 16.5. The Kier molecular flexibility index (Phi) is 9.44. The summed E-state index contributed by atoms with van der Waals surface area (Å²) in [6, 6.07) is 10.8. The van der Waals surface area contributed by atoms with Crippen molar-refractivity contribution in [3.05, 3.63) is 59.8 Å². The first-order chi connectivity index (χ1) is 11.2. The van der Waals surface area contributed by atoms with Crippen LogP contribution < -0.4 is 10.6 Å². The topological polar surface area (TPSA) is 49.6 Å². The van der Waals surface area contributed by atoms with Crippen LogP contribution in [0.5, 0.6) is 0 Å². The van der Waals surface area contributed by atoms with E-state index in [4.69, 9.17) is 4.42 Å². The fraction of sp³-hybridized carbons (Fsp3) is 0.389. The lowest BCUT2D eigenvalue weighted by atomic mass is 10.2. The fourth-order valence-electron chi connectivity index (χ4n) is 2.04. The second-order valence-corrected chi connectivity index (χ2v) is 5.47. The number of hydrogen-bond acceptors (Lipinski definition) is 2. The number of guanidine groups is 1. The predicted molar refractivity (Wildman–Crippen MR) is 106 cm³/mol. The van der Waals surface area contributed by atoms with Gasteiger partial charge in [-0.25, -0.2) is 9.38 Å². The Morgan fingerprint density at radius 2 is 2.04 bits per heavy atom. The van der Waals surface area contributed by atoms with Crippen LogP contribution in [0.15, 0.2) is 52.1 Å². The van der Waals surface area contributed by atoms with Crippen LogP contribution in [0.2, 0.25) is 0 Å². The molecule has 0 amide bonds. The van der Waals surface area contributed by atoms with Crippen molar-refractivity contribution in [2.45, 2.75) is 39.3 Å². The number of nitrogens with zero attached hydrogens (tertiary/aromatic N) is 1. The van der Waals surface area contributed by atoms with Gasteiger partial charge in [-0.2, -0.15) is 0 Å². The first-order valence-electron chi connectivity index (χ1n) is 7.99. The molecule has 0 radical (unpaired) electrons. The van der Waals surface area contributed by atoms with Crippen LogP contribution in [0, 0.1) is 5.82 Å². The highest BCUT2D eigenvalue weighted by atomic mass is 127. The van der Waals surface area contributed by atoms with Crippen LogP contribution in [-0.2, 0) is 13.0 Å². The first-order valence-corrected chi connectivity index (χ1v) is 7.99. The van der Waals surface area contributed by atoms with Gasteiger partial charge in [0.15, 0.2) is 5.96 Å². The summed E-state index contributed by atoms with van der Waals surface area (Å²) in [5.41, 5.74) is 0.587. The van der Waals surface area contributed by atoms with E-state index in [1.807, 2.05) is 18.2 Å². The van der Waals surface area contributed by atoms with Crippen LogP contribution >= 0.6 is 24.0 Å². The lowest BCUT2D eigenvalue weighted by molar-refractivity contribution is 0.506. The van der Waals surface area contributed by atoms with Gasteiger partial charge in [-0.05, 0) is 31.5 Å². The van der Waals surface area contributed by atoms with Crippen LogP contribution in [0.1, 0.15) is 31.6 Å². The van der Waals surface area contributed by atoms with E-state index in [1.165, 1.54) is 6.07 Å². The molecule has 0 saturated heterocycles. The summed E-state index contributed by atoms with van der Waals surface area (Å²) in [5, 5.41) is 6.59. The number of rotatable bonds is 7. The van der Waals surface area contributed by atoms with Crippen molar-refractivity contribution in [2.75, 3.05) is 6.54 Å². The van der Waals surface area contributed by atoms with Gasteiger partial charge in [0.2, 0.25) is 0 Å². The summed E-state index contributed by atoms with van der Waals surface area (Å²) in [7, 11) is 0. The number of nitrogens with one attached hydrogen (secondary N) is 2. The van der Waals surface area contributed by atoms with Gasteiger partial charge in [-0.1, -0.05) is 25.1 Å². The maximum absolute atomic E-state index is 13.7. The van der Waals surface area contributed by atoms with E-state index in [0.29, 0.717) is 30.7 Å². The fourth-order valence-corrected chi connectivity index (χ4v) is 2.04. The lowest BCUT2D eigenvalue weighted by Gasteiger charge is -2.17. The van der Waals surface area contributed by atoms with Gasteiger partial charge in [0.25, 0.3) is 0 Å². The highest BCUT2D eigenvalue weighted by Gasteiger charge is 2.05. The first kappa shape index (κ1) is 20.5. The third-order valence-electron chi connectivity index (χ3n) is 3.60. The largest absolute Gasteiger partial charge is 0.469 e. The van der Waals surface area contributed by atoms with Crippen molar-refractivity contribution in [2.24, 2.45) is 4.99 Å². The molecule has 1 atom stereocenters. The Morgan fingerprint density at radius 1 is 1.25 bits per heavy atom. The summed E-state index contributed by atoms with van der Waals surface area (Å²) >= 11 is 0. The van der Waals surface area contributed by atoms with Gasteiger partial charge in [-0.3, -0.25) is 0 Å². The molecule has 2 rings (SSSR count). The molecule has 24 heavy (non-hydrogen) atoms. The smallest absolute Gasteiger partial charge is 0.191 e. The normalized spacial score (nSPS) is 12.4. The molecule has 0 fully saturated rings. The molecule has 0 bridgehead atoms. The molecule has 0 saturated carbocycles. The van der Waals surface area contributed by atoms with Crippen molar-refractivity contribution in [1.29, 1.82) is 0 Å². The van der Waals surface area contributed by atoms with Crippen molar-refractivity contribution < 1.29 is 8.81 Å². The standard InChI is InChI=1S/C18H24FN3O.HI/c1-3-14(2)22-18(20-11-10-16-8-6-12-23-16)21-13-15-7-4-5-9-17(15)19;/h4-9,12,14H,3,10-11,13H2,1-2H3,(H2,20,21,22);1H. The highest BCUT2D eigenvalue weighted by molar-refractivity contribution is 14.0. The summed E-state index contributed by atoms with van der Waals surface area (Å²) in [5.74, 6) is 1.39. The van der Waals surface area contributed by atoms with E-state index in [2.05, 4.69) is 29.5 Å². The molecular weight excluding hydrogens is 420 g/mol. The van der Waals surface area contributed by atoms with Crippen LogP contribution in [0.4, 0.5) is 4.39 Å². The molecule has 1 aromatic carbocycles. The van der Waals surface area contributed by atoms with Gasteiger partial charge >= 0.3 is 0 Å². The SMILES string of the molecule is CCC(C)NC(=NCc1ccccc1F)NCCc1ccco1.I. The van der Waals surface area contributed by atoms with E-state index < -0.39 is 0 Å². The van der Waals surface area contributed by atoms with E-state index in [9.17, 15) is 4.39 Å². The Bertz CT molecular complexity index is 616. The minimum absolute atomic E-state index is 0. The monoisotopic (exact) mass is 445 g/mol. The van der Waals surface area contributed by atoms with Crippen LogP contribution in [0.3, 0.4) is 0 Å². The van der Waals surface area contributed by atoms with Gasteiger partial charge in [0.1, 0.15) is 11.6 Å². The quantitative estimate of drug-likeness (QED) is 0.383. The molecule has 1 unspecified atom stereocenters. The van der Waals surface area contributed by atoms with Gasteiger partial charge in [0.05, 0.1) is 12.8 Å². The third kappa shape index (κ3) is 6.90. The van der Waals surface area contributed by atoms with Crippen molar-refractivity contribution in [3.8, 4) is 0 Å². The van der Waals surface area contributed by atoms with Gasteiger partial charge in [-0.15, -0.1) is 24.0 Å². The minimum atomic E-state index is -0.227. The Morgan fingerprint density at radius 3 is 2.71 bits per heavy atom. The number of aliphatic imine (C=N–C) groups is 1. The summed E-state index contributed by atoms with van der Waals surface area (Å²) in [4.78, 5) is 4.49. The zero-order valence-electron chi connectivity index (χ0n) is 14.1. The summed E-state index contributed by atoms with van der Waals surface area (Å²) < 4.78 is 19.0. The summed E-state index contributed by atoms with van der Waals surface area (Å²) in [6.45, 7) is 5.20. The molecule has 2 N–H and O–H groups in total. The van der Waals surface area contributed by atoms with Crippen LogP contribution in [0.25, 0.3) is 0 Å². The molecule has 1 aromatic heterocycles. The van der Waals surface area contributed by atoms with Crippen molar-refractivity contribution in [1.82, 2.24) is 10.6 Å². The molecule has 0 aliphatic heterocycles. The van der Waals surface area contributed by atoms with Crippen LogP contribution in [-0.4, -0.2) is 18.5 Å². The summed E-state index contributed by atoms with van der Waals surface area (Å²) in [6.07, 6.45) is 3.42. The molecule has 0 spiro atoms. The maximum atomic E-state index is 13.7. The van der Waals surface area contributed by atoms with Gasteiger partial charge in [0, 0.05) is 24.6 Å². The number of halogens is 2. The molecule has 132 valence electrons. The Labute approximate surface area is 160 Å². The van der Waals surface area contributed by atoms with E-state index >= 15 is 0 Å². The molecule has 0 aliphatic carbocycles. The van der Waals surface area contributed by atoms with E-state index in [1.54, 1.807) is 18.4 Å². The molecule has 6 heteroatoms. The Hall–Kier alpha value is -1.57. The molecule has 2 aromatic rings. The lowest BCUT2D eigenvalue weighted by Crippen LogP contribution is -2.42. The average Bonchev–Trinajstić information content (AvgIpc) is 3.07. The van der Waals surface area contributed by atoms with E-state index in [-0.39, 0.29) is 29.8 Å². The molecule has 1 heterocycles. The second kappa shape index (κ2) is 11.1. The van der Waals surface area contributed by atoms with Gasteiger partial charge < -0.3 is 15.1 Å². The molecular formula is C18H25FIN3O. The third-order valence-corrected chi connectivity index (χ3v) is 3.60. The number of benzene rings is 1. The predicted octanol–water partition coefficient (Wildman–Crippen LogP) is 4.11.